The van der Waals surface area contributed by atoms with Crippen LogP contribution < -0.4 is 10.5 Å². The van der Waals surface area contributed by atoms with E-state index in [2.05, 4.69) is 0 Å². The maximum absolute atomic E-state index is 11.9. The maximum Gasteiger partial charge on any atom is 0.338 e. The van der Waals surface area contributed by atoms with Crippen molar-refractivity contribution in [1.29, 1.82) is 0 Å². The second kappa shape index (κ2) is 5.73. The molecular weight excluding hydrogens is 234 g/mol. The molecule has 1 aromatic carbocycles. The minimum absolute atomic E-state index is 0.0604. The number of hydrogen-bond donors (Lipinski definition) is 1. The van der Waals surface area contributed by atoms with Gasteiger partial charge in [-0.15, -0.1) is 0 Å². The highest BCUT2D eigenvalue weighted by molar-refractivity contribution is 5.90. The first-order valence-electron chi connectivity index (χ1n) is 5.93. The van der Waals surface area contributed by atoms with Crippen LogP contribution in [0.1, 0.15) is 23.2 Å². The molecule has 0 amide bonds. The van der Waals surface area contributed by atoms with Crippen molar-refractivity contribution in [2.45, 2.75) is 18.9 Å². The minimum Gasteiger partial charge on any atom is -0.495 e. The number of anilines is 1. The zero-order valence-electron chi connectivity index (χ0n) is 10.3. The van der Waals surface area contributed by atoms with Crippen molar-refractivity contribution in [3.8, 4) is 5.75 Å². The van der Waals surface area contributed by atoms with Crippen molar-refractivity contribution in [2.24, 2.45) is 0 Å². The van der Waals surface area contributed by atoms with Gasteiger partial charge >= 0.3 is 5.97 Å². The summed E-state index contributed by atoms with van der Waals surface area (Å²) in [6.07, 6.45) is 1.44. The molecule has 0 spiro atoms. The lowest BCUT2D eigenvalue weighted by molar-refractivity contribution is -0.0159. The molecule has 0 aliphatic carbocycles. The second-order valence-corrected chi connectivity index (χ2v) is 4.17. The van der Waals surface area contributed by atoms with Crippen molar-refractivity contribution < 1.29 is 19.0 Å². The van der Waals surface area contributed by atoms with Crippen LogP contribution in [0.25, 0.3) is 0 Å². The number of methoxy groups -OCH3 is 1. The summed E-state index contributed by atoms with van der Waals surface area (Å²) in [6, 6.07) is 4.87. The van der Waals surface area contributed by atoms with Crippen LogP contribution in [0, 0.1) is 0 Å². The van der Waals surface area contributed by atoms with E-state index < -0.39 is 0 Å². The lowest BCUT2D eigenvalue weighted by Crippen LogP contribution is -2.26. The van der Waals surface area contributed by atoms with E-state index in [0.29, 0.717) is 30.2 Å². The number of esters is 1. The SMILES string of the molecule is COc1cc(C(=O)OC2CCOCC2)ccc1N. The molecule has 1 aliphatic heterocycles. The quantitative estimate of drug-likeness (QED) is 0.653. The van der Waals surface area contributed by atoms with Crippen molar-refractivity contribution in [1.82, 2.24) is 0 Å². The summed E-state index contributed by atoms with van der Waals surface area (Å²) < 4.78 is 15.7. The first-order valence-corrected chi connectivity index (χ1v) is 5.93. The summed E-state index contributed by atoms with van der Waals surface area (Å²) in [4.78, 5) is 11.9. The van der Waals surface area contributed by atoms with Gasteiger partial charge in [-0.2, -0.15) is 0 Å². The zero-order valence-corrected chi connectivity index (χ0v) is 10.3. The van der Waals surface area contributed by atoms with Crippen LogP contribution >= 0.6 is 0 Å². The van der Waals surface area contributed by atoms with Gasteiger partial charge < -0.3 is 19.9 Å². The van der Waals surface area contributed by atoms with Gasteiger partial charge in [0.25, 0.3) is 0 Å². The number of rotatable bonds is 3. The smallest absolute Gasteiger partial charge is 0.338 e. The molecular formula is C13H17NO4. The normalized spacial score (nSPS) is 16.3. The molecule has 0 atom stereocenters. The highest BCUT2D eigenvalue weighted by atomic mass is 16.6. The van der Waals surface area contributed by atoms with Gasteiger partial charge in [-0.25, -0.2) is 4.79 Å². The highest BCUT2D eigenvalue weighted by Crippen LogP contribution is 2.23. The first kappa shape index (κ1) is 12.7. The average Bonchev–Trinajstić information content (AvgIpc) is 2.40. The first-order chi connectivity index (χ1) is 8.70. The number of carbonyl (C=O) groups is 1. The fraction of sp³-hybridized carbons (Fsp3) is 0.462. The van der Waals surface area contributed by atoms with E-state index in [9.17, 15) is 4.79 Å². The molecule has 1 saturated heterocycles. The summed E-state index contributed by atoms with van der Waals surface area (Å²) in [5, 5.41) is 0. The Morgan fingerprint density at radius 1 is 1.39 bits per heavy atom. The van der Waals surface area contributed by atoms with E-state index in [1.165, 1.54) is 7.11 Å². The largest absolute Gasteiger partial charge is 0.495 e. The number of hydrogen-bond acceptors (Lipinski definition) is 5. The molecule has 1 aromatic rings. The average molecular weight is 251 g/mol. The summed E-state index contributed by atoms with van der Waals surface area (Å²) in [7, 11) is 1.51. The van der Waals surface area contributed by atoms with Gasteiger partial charge in [-0.05, 0) is 18.2 Å². The predicted octanol–water partition coefficient (Wildman–Crippen LogP) is 1.61. The van der Waals surface area contributed by atoms with Crippen LogP contribution in [-0.2, 0) is 9.47 Å². The molecule has 1 fully saturated rings. The van der Waals surface area contributed by atoms with Gasteiger partial charge in [-0.1, -0.05) is 0 Å². The van der Waals surface area contributed by atoms with Gasteiger partial charge in [0.2, 0.25) is 0 Å². The highest BCUT2D eigenvalue weighted by Gasteiger charge is 2.19. The Morgan fingerprint density at radius 3 is 2.78 bits per heavy atom. The Labute approximate surface area is 106 Å². The third-order valence-electron chi connectivity index (χ3n) is 2.91. The minimum atomic E-state index is -0.347. The van der Waals surface area contributed by atoms with Gasteiger partial charge in [-0.3, -0.25) is 0 Å². The molecule has 18 heavy (non-hydrogen) atoms. The van der Waals surface area contributed by atoms with Gasteiger partial charge in [0.1, 0.15) is 11.9 Å². The molecule has 5 heteroatoms. The number of ether oxygens (including phenoxy) is 3. The molecule has 2 rings (SSSR count). The van der Waals surface area contributed by atoms with Crippen LogP contribution in [0.4, 0.5) is 5.69 Å². The van der Waals surface area contributed by atoms with Gasteiger partial charge in [0.15, 0.2) is 0 Å². The maximum atomic E-state index is 11.9. The van der Waals surface area contributed by atoms with E-state index in [1.807, 2.05) is 0 Å². The molecule has 1 heterocycles. The Morgan fingerprint density at radius 2 is 2.11 bits per heavy atom. The third-order valence-corrected chi connectivity index (χ3v) is 2.91. The summed E-state index contributed by atoms with van der Waals surface area (Å²) in [5.41, 5.74) is 6.64. The number of benzene rings is 1. The number of nitrogen functional groups attached to an aromatic ring is 1. The van der Waals surface area contributed by atoms with Gasteiger partial charge in [0.05, 0.1) is 31.6 Å². The Kier molecular flexibility index (Phi) is 4.04. The lowest BCUT2D eigenvalue weighted by atomic mass is 10.1. The predicted molar refractivity (Wildman–Crippen MR) is 66.7 cm³/mol. The zero-order chi connectivity index (χ0) is 13.0. The fourth-order valence-corrected chi connectivity index (χ4v) is 1.85. The van der Waals surface area contributed by atoms with Crippen LogP contribution in [0.2, 0.25) is 0 Å². The van der Waals surface area contributed by atoms with E-state index in [0.717, 1.165) is 12.8 Å². The molecule has 0 radical (unpaired) electrons. The monoisotopic (exact) mass is 251 g/mol. The van der Waals surface area contributed by atoms with E-state index in [1.54, 1.807) is 18.2 Å². The molecule has 0 saturated carbocycles. The van der Waals surface area contributed by atoms with Crippen LogP contribution in [0.3, 0.4) is 0 Å². The van der Waals surface area contributed by atoms with Crippen LogP contribution in [-0.4, -0.2) is 32.4 Å². The molecule has 2 N–H and O–H groups in total. The Hall–Kier alpha value is -1.75. The molecule has 0 bridgehead atoms. The molecule has 5 nitrogen and oxygen atoms in total. The molecule has 98 valence electrons. The van der Waals surface area contributed by atoms with Crippen LogP contribution in [0.5, 0.6) is 5.75 Å². The van der Waals surface area contributed by atoms with Crippen molar-refractivity contribution in [3.63, 3.8) is 0 Å². The topological polar surface area (TPSA) is 70.8 Å². The van der Waals surface area contributed by atoms with E-state index in [4.69, 9.17) is 19.9 Å². The summed E-state index contributed by atoms with van der Waals surface area (Å²) >= 11 is 0. The number of nitrogens with two attached hydrogens (primary N) is 1. The fourth-order valence-electron chi connectivity index (χ4n) is 1.85. The second-order valence-electron chi connectivity index (χ2n) is 4.17. The van der Waals surface area contributed by atoms with Crippen molar-refractivity contribution >= 4 is 11.7 Å². The molecule has 1 aliphatic rings. The number of carbonyl (C=O) groups excluding carboxylic acids is 1. The Balaban J connectivity index is 2.03. The third kappa shape index (κ3) is 2.92. The summed E-state index contributed by atoms with van der Waals surface area (Å²) in [6.45, 7) is 1.28. The lowest BCUT2D eigenvalue weighted by Gasteiger charge is -2.22. The van der Waals surface area contributed by atoms with Crippen LogP contribution in [0.15, 0.2) is 18.2 Å². The van der Waals surface area contributed by atoms with Crippen molar-refractivity contribution in [2.75, 3.05) is 26.1 Å². The Bertz CT molecular complexity index is 427. The molecule has 0 unspecified atom stereocenters. The van der Waals surface area contributed by atoms with E-state index in [-0.39, 0.29) is 12.1 Å². The van der Waals surface area contributed by atoms with E-state index >= 15 is 0 Å². The standard InChI is InChI=1S/C13H17NO4/c1-16-12-8-9(2-3-11(12)14)13(15)18-10-4-6-17-7-5-10/h2-3,8,10H,4-7,14H2,1H3. The van der Waals surface area contributed by atoms with Gasteiger partial charge in [0, 0.05) is 12.8 Å². The van der Waals surface area contributed by atoms with Crippen molar-refractivity contribution in [3.05, 3.63) is 23.8 Å². The molecule has 0 aromatic heterocycles. The summed E-state index contributed by atoms with van der Waals surface area (Å²) in [5.74, 6) is 0.136.